The summed E-state index contributed by atoms with van der Waals surface area (Å²) in [6.45, 7) is 9.54. The first-order valence-electron chi connectivity index (χ1n) is 8.53. The first-order chi connectivity index (χ1) is 11.6. The van der Waals surface area contributed by atoms with E-state index in [0.717, 1.165) is 16.8 Å². The van der Waals surface area contributed by atoms with Crippen molar-refractivity contribution in [3.63, 3.8) is 0 Å². The van der Waals surface area contributed by atoms with Gasteiger partial charge in [-0.1, -0.05) is 12.1 Å². The molecular formula is C18H28N2O4. The van der Waals surface area contributed by atoms with Crippen LogP contribution in [0.2, 0.25) is 0 Å². The van der Waals surface area contributed by atoms with Crippen molar-refractivity contribution in [3.05, 3.63) is 29.3 Å². The summed E-state index contributed by atoms with van der Waals surface area (Å²) < 4.78 is 16.4. The minimum atomic E-state index is -0.329. The average Bonchev–Trinajstić information content (AvgIpc) is 2.58. The predicted molar refractivity (Wildman–Crippen MR) is 93.2 cm³/mol. The van der Waals surface area contributed by atoms with Gasteiger partial charge in [0.25, 0.3) is 0 Å². The Balaban J connectivity index is 1.93. The number of hydrogen-bond donors (Lipinski definition) is 2. The molecule has 1 aromatic rings. The van der Waals surface area contributed by atoms with Crippen LogP contribution in [0, 0.1) is 6.92 Å². The highest BCUT2D eigenvalue weighted by Gasteiger charge is 2.28. The van der Waals surface area contributed by atoms with Crippen LogP contribution < -0.4 is 10.6 Å². The molecule has 2 N–H and O–H groups in total. The molecule has 0 aromatic heterocycles. The van der Waals surface area contributed by atoms with Crippen molar-refractivity contribution in [2.24, 2.45) is 0 Å². The van der Waals surface area contributed by atoms with Gasteiger partial charge in [-0.2, -0.15) is 0 Å². The minimum Gasteiger partial charge on any atom is -0.379 e. The fraction of sp³-hybridized carbons (Fsp3) is 0.611. The Morgan fingerprint density at radius 3 is 2.92 bits per heavy atom. The molecule has 1 saturated heterocycles. The summed E-state index contributed by atoms with van der Waals surface area (Å²) in [5, 5.41) is 6.20. The molecule has 6 heteroatoms. The smallest absolute Gasteiger partial charge is 0.244 e. The fourth-order valence-electron chi connectivity index (χ4n) is 2.66. The van der Waals surface area contributed by atoms with E-state index in [1.165, 1.54) is 0 Å². The molecule has 1 heterocycles. The van der Waals surface area contributed by atoms with Crippen LogP contribution in [0.5, 0.6) is 0 Å². The van der Waals surface area contributed by atoms with Crippen LogP contribution in [0.4, 0.5) is 5.69 Å². The largest absolute Gasteiger partial charge is 0.379 e. The summed E-state index contributed by atoms with van der Waals surface area (Å²) >= 11 is 0. The molecule has 0 radical (unpaired) electrons. The van der Waals surface area contributed by atoms with Crippen LogP contribution in [-0.2, 0) is 25.6 Å². The van der Waals surface area contributed by atoms with Gasteiger partial charge in [-0.25, -0.2) is 0 Å². The third-order valence-electron chi connectivity index (χ3n) is 4.14. The van der Waals surface area contributed by atoms with Crippen LogP contribution in [0.15, 0.2) is 18.2 Å². The second-order valence-corrected chi connectivity index (χ2v) is 5.84. The van der Waals surface area contributed by atoms with Gasteiger partial charge in [0, 0.05) is 18.8 Å². The molecule has 134 valence electrons. The van der Waals surface area contributed by atoms with E-state index in [1.54, 1.807) is 0 Å². The van der Waals surface area contributed by atoms with Crippen molar-refractivity contribution in [1.29, 1.82) is 0 Å². The van der Waals surface area contributed by atoms with Crippen molar-refractivity contribution in [1.82, 2.24) is 5.32 Å². The number of amides is 1. The van der Waals surface area contributed by atoms with Crippen LogP contribution >= 0.6 is 0 Å². The van der Waals surface area contributed by atoms with E-state index in [0.29, 0.717) is 39.6 Å². The number of carbonyl (C=O) groups is 1. The molecule has 0 bridgehead atoms. The van der Waals surface area contributed by atoms with Gasteiger partial charge in [0.1, 0.15) is 6.04 Å². The zero-order valence-corrected chi connectivity index (χ0v) is 14.8. The second kappa shape index (κ2) is 9.74. The normalized spacial score (nSPS) is 20.8. The molecule has 24 heavy (non-hydrogen) atoms. The van der Waals surface area contributed by atoms with Gasteiger partial charge in [-0.15, -0.1) is 0 Å². The molecule has 0 spiro atoms. The molecular weight excluding hydrogens is 308 g/mol. The Labute approximate surface area is 143 Å². The molecule has 6 nitrogen and oxygen atoms in total. The molecule has 0 saturated carbocycles. The summed E-state index contributed by atoms with van der Waals surface area (Å²) in [6, 6.07) is 5.52. The maximum absolute atomic E-state index is 12.5. The minimum absolute atomic E-state index is 0.0697. The van der Waals surface area contributed by atoms with Gasteiger partial charge in [-0.05, 0) is 38.0 Å². The number of anilines is 1. The molecule has 1 aliphatic rings. The van der Waals surface area contributed by atoms with Gasteiger partial charge < -0.3 is 24.8 Å². The first-order valence-corrected chi connectivity index (χ1v) is 8.53. The van der Waals surface area contributed by atoms with E-state index in [4.69, 9.17) is 14.2 Å². The van der Waals surface area contributed by atoms with Crippen molar-refractivity contribution >= 4 is 11.6 Å². The van der Waals surface area contributed by atoms with Crippen LogP contribution in [-0.4, -0.2) is 51.0 Å². The second-order valence-electron chi connectivity index (χ2n) is 5.84. The number of nitrogens with one attached hydrogen (secondary N) is 2. The molecule has 1 amide bonds. The van der Waals surface area contributed by atoms with E-state index in [1.807, 2.05) is 39.0 Å². The zero-order valence-electron chi connectivity index (χ0n) is 14.8. The lowest BCUT2D eigenvalue weighted by Gasteiger charge is -2.29. The third kappa shape index (κ3) is 5.27. The summed E-state index contributed by atoms with van der Waals surface area (Å²) in [4.78, 5) is 12.5. The maximum Gasteiger partial charge on any atom is 0.244 e. The summed E-state index contributed by atoms with van der Waals surface area (Å²) in [5.41, 5.74) is 2.89. The SMILES string of the molecule is CCOCCOCc1cccc(NC(=O)[C@H]2NCCO[C@@H]2C)c1C. The Morgan fingerprint density at radius 2 is 2.17 bits per heavy atom. The van der Waals surface area contributed by atoms with E-state index < -0.39 is 0 Å². The van der Waals surface area contributed by atoms with E-state index in [2.05, 4.69) is 10.6 Å². The number of morpholine rings is 1. The lowest BCUT2D eigenvalue weighted by molar-refractivity contribution is -0.123. The number of rotatable bonds is 8. The molecule has 0 unspecified atom stereocenters. The molecule has 0 aliphatic carbocycles. The van der Waals surface area contributed by atoms with Crippen molar-refractivity contribution in [3.8, 4) is 0 Å². The quantitative estimate of drug-likeness (QED) is 0.709. The van der Waals surface area contributed by atoms with E-state index in [-0.39, 0.29) is 18.1 Å². The Morgan fingerprint density at radius 1 is 1.38 bits per heavy atom. The van der Waals surface area contributed by atoms with Crippen molar-refractivity contribution in [2.45, 2.75) is 39.5 Å². The van der Waals surface area contributed by atoms with Crippen molar-refractivity contribution in [2.75, 3.05) is 38.3 Å². The molecule has 1 aromatic carbocycles. The molecule has 2 rings (SSSR count). The highest BCUT2D eigenvalue weighted by atomic mass is 16.5. The maximum atomic E-state index is 12.5. The highest BCUT2D eigenvalue weighted by molar-refractivity contribution is 5.96. The number of hydrogen-bond acceptors (Lipinski definition) is 5. The monoisotopic (exact) mass is 336 g/mol. The number of carbonyl (C=O) groups excluding carboxylic acids is 1. The van der Waals surface area contributed by atoms with Gasteiger partial charge in [-0.3, -0.25) is 4.79 Å². The Hall–Kier alpha value is -1.47. The Bertz CT molecular complexity index is 536. The summed E-state index contributed by atoms with van der Waals surface area (Å²) in [6.07, 6.45) is -0.135. The topological polar surface area (TPSA) is 68.8 Å². The molecule has 1 aliphatic heterocycles. The van der Waals surface area contributed by atoms with Crippen LogP contribution in [0.25, 0.3) is 0 Å². The highest BCUT2D eigenvalue weighted by Crippen LogP contribution is 2.20. The number of benzene rings is 1. The average molecular weight is 336 g/mol. The first kappa shape index (κ1) is 18.9. The van der Waals surface area contributed by atoms with Gasteiger partial charge >= 0.3 is 0 Å². The fourth-order valence-corrected chi connectivity index (χ4v) is 2.66. The molecule has 1 fully saturated rings. The lowest BCUT2D eigenvalue weighted by Crippen LogP contribution is -2.53. The standard InChI is InChI=1S/C18H28N2O4/c1-4-22-10-11-23-12-15-6-5-7-16(13(15)2)20-18(21)17-14(3)24-9-8-19-17/h5-7,14,17,19H,4,8-12H2,1-3H3,(H,20,21)/t14-,17+/m1/s1. The van der Waals surface area contributed by atoms with E-state index in [9.17, 15) is 4.79 Å². The number of ether oxygens (including phenoxy) is 3. The zero-order chi connectivity index (χ0) is 17.4. The van der Waals surface area contributed by atoms with Gasteiger partial charge in [0.15, 0.2) is 0 Å². The van der Waals surface area contributed by atoms with Gasteiger partial charge in [0.05, 0.1) is 32.5 Å². The predicted octanol–water partition coefficient (Wildman–Crippen LogP) is 1.86. The van der Waals surface area contributed by atoms with E-state index >= 15 is 0 Å². The van der Waals surface area contributed by atoms with Crippen LogP contribution in [0.1, 0.15) is 25.0 Å². The summed E-state index contributed by atoms with van der Waals surface area (Å²) in [7, 11) is 0. The third-order valence-corrected chi connectivity index (χ3v) is 4.14. The summed E-state index contributed by atoms with van der Waals surface area (Å²) in [5.74, 6) is -0.0697. The Kier molecular flexibility index (Phi) is 7.65. The lowest BCUT2D eigenvalue weighted by atomic mass is 10.1. The van der Waals surface area contributed by atoms with Crippen molar-refractivity contribution < 1.29 is 19.0 Å². The van der Waals surface area contributed by atoms with Gasteiger partial charge in [0.2, 0.25) is 5.91 Å². The van der Waals surface area contributed by atoms with Crippen LogP contribution in [0.3, 0.4) is 0 Å². The molecule has 2 atom stereocenters.